The van der Waals surface area contributed by atoms with Crippen LogP contribution < -0.4 is 0 Å². The third kappa shape index (κ3) is 2.72. The molecule has 0 radical (unpaired) electrons. The summed E-state index contributed by atoms with van der Waals surface area (Å²) in [5.41, 5.74) is 1.93. The standard InChI is InChI=1S/C20H29N3O/c1-7-20(5,6)18(24)22-12-14(13-22)23-16-11-9-8-10-15(16)21-17(23)19(2,3)4/h8-11,14H,7,12-13H2,1-6H3. The predicted octanol–water partition coefficient (Wildman–Crippen LogP) is 4.15. The van der Waals surface area contributed by atoms with Crippen LogP contribution in [0.3, 0.4) is 0 Å². The molecule has 1 aliphatic heterocycles. The first-order chi connectivity index (χ1) is 11.1. The maximum atomic E-state index is 12.6. The highest BCUT2D eigenvalue weighted by molar-refractivity contribution is 5.83. The van der Waals surface area contributed by atoms with Crippen molar-refractivity contribution in [3.8, 4) is 0 Å². The molecule has 1 amide bonds. The van der Waals surface area contributed by atoms with Gasteiger partial charge >= 0.3 is 0 Å². The number of hydrogen-bond donors (Lipinski definition) is 0. The van der Waals surface area contributed by atoms with Crippen molar-refractivity contribution in [2.24, 2.45) is 5.41 Å². The zero-order valence-corrected chi connectivity index (χ0v) is 15.8. The number of carbonyl (C=O) groups excluding carboxylic acids is 1. The molecule has 4 nitrogen and oxygen atoms in total. The van der Waals surface area contributed by atoms with Crippen LogP contribution in [0.25, 0.3) is 11.0 Å². The molecule has 0 bridgehead atoms. The summed E-state index contributed by atoms with van der Waals surface area (Å²) in [5.74, 6) is 1.37. The van der Waals surface area contributed by atoms with E-state index in [9.17, 15) is 4.79 Å². The third-order valence-corrected chi connectivity index (χ3v) is 5.24. The summed E-state index contributed by atoms with van der Waals surface area (Å²) in [4.78, 5) is 19.5. The average Bonchev–Trinajstić information content (AvgIpc) is 2.85. The smallest absolute Gasteiger partial charge is 0.228 e. The number of amides is 1. The van der Waals surface area contributed by atoms with Gasteiger partial charge in [-0.3, -0.25) is 4.79 Å². The lowest BCUT2D eigenvalue weighted by molar-refractivity contribution is -0.146. The van der Waals surface area contributed by atoms with Crippen LogP contribution in [-0.4, -0.2) is 33.4 Å². The number of rotatable bonds is 3. The molecule has 1 fully saturated rings. The van der Waals surface area contributed by atoms with Gasteiger partial charge < -0.3 is 9.47 Å². The minimum absolute atomic E-state index is 0.0217. The highest BCUT2D eigenvalue weighted by atomic mass is 16.2. The largest absolute Gasteiger partial charge is 0.338 e. The maximum Gasteiger partial charge on any atom is 0.228 e. The van der Waals surface area contributed by atoms with E-state index in [0.29, 0.717) is 6.04 Å². The Bertz CT molecular complexity index is 761. The van der Waals surface area contributed by atoms with Gasteiger partial charge in [-0.1, -0.05) is 53.7 Å². The molecular weight excluding hydrogens is 298 g/mol. The van der Waals surface area contributed by atoms with E-state index in [1.165, 1.54) is 5.52 Å². The second-order valence-electron chi connectivity index (χ2n) is 8.65. The topological polar surface area (TPSA) is 38.1 Å². The Kier molecular flexibility index (Phi) is 3.97. The van der Waals surface area contributed by atoms with Gasteiger partial charge in [0.1, 0.15) is 5.82 Å². The highest BCUT2D eigenvalue weighted by Crippen LogP contribution is 2.35. The number of imidazole rings is 1. The lowest BCUT2D eigenvalue weighted by Gasteiger charge is -2.44. The lowest BCUT2D eigenvalue weighted by atomic mass is 9.86. The predicted molar refractivity (Wildman–Crippen MR) is 98.1 cm³/mol. The van der Waals surface area contributed by atoms with Crippen molar-refractivity contribution in [2.45, 2.75) is 59.4 Å². The fourth-order valence-electron chi connectivity index (χ4n) is 3.31. The van der Waals surface area contributed by atoms with E-state index in [1.54, 1.807) is 0 Å². The molecule has 1 aromatic heterocycles. The highest BCUT2D eigenvalue weighted by Gasteiger charge is 2.40. The van der Waals surface area contributed by atoms with E-state index in [-0.39, 0.29) is 16.7 Å². The fourth-order valence-corrected chi connectivity index (χ4v) is 3.31. The second kappa shape index (κ2) is 5.61. The fraction of sp³-hybridized carbons (Fsp3) is 0.600. The first-order valence-corrected chi connectivity index (χ1v) is 8.92. The van der Waals surface area contributed by atoms with Crippen LogP contribution in [0.15, 0.2) is 24.3 Å². The Morgan fingerprint density at radius 2 is 1.79 bits per heavy atom. The van der Waals surface area contributed by atoms with Gasteiger partial charge in [0.25, 0.3) is 0 Å². The maximum absolute atomic E-state index is 12.6. The molecule has 0 N–H and O–H groups in total. The number of nitrogens with zero attached hydrogens (tertiary/aromatic N) is 3. The average molecular weight is 327 g/mol. The first kappa shape index (κ1) is 17.0. The van der Waals surface area contributed by atoms with E-state index in [1.807, 2.05) is 24.8 Å². The zero-order valence-electron chi connectivity index (χ0n) is 15.8. The molecule has 1 aromatic carbocycles. The summed E-state index contributed by atoms with van der Waals surface area (Å²) in [6, 6.07) is 8.63. The molecule has 0 aliphatic carbocycles. The zero-order chi connectivity index (χ0) is 17.7. The normalized spacial score (nSPS) is 16.5. The Hall–Kier alpha value is -1.84. The molecule has 1 saturated heterocycles. The summed E-state index contributed by atoms with van der Waals surface area (Å²) < 4.78 is 2.36. The molecule has 1 aliphatic rings. The molecule has 4 heteroatoms. The molecule has 3 rings (SSSR count). The van der Waals surface area contributed by atoms with Crippen molar-refractivity contribution < 1.29 is 4.79 Å². The summed E-state index contributed by atoms with van der Waals surface area (Å²) in [6.45, 7) is 14.3. The molecule has 2 aromatic rings. The minimum Gasteiger partial charge on any atom is -0.338 e. The van der Waals surface area contributed by atoms with Crippen LogP contribution in [0.1, 0.15) is 59.8 Å². The van der Waals surface area contributed by atoms with Crippen LogP contribution >= 0.6 is 0 Å². The first-order valence-electron chi connectivity index (χ1n) is 8.92. The quantitative estimate of drug-likeness (QED) is 0.849. The lowest BCUT2D eigenvalue weighted by Crippen LogP contribution is -2.55. The van der Waals surface area contributed by atoms with Gasteiger partial charge in [-0.05, 0) is 18.6 Å². The van der Waals surface area contributed by atoms with E-state index >= 15 is 0 Å². The Morgan fingerprint density at radius 1 is 1.17 bits per heavy atom. The summed E-state index contributed by atoms with van der Waals surface area (Å²) in [7, 11) is 0. The summed E-state index contributed by atoms with van der Waals surface area (Å²) >= 11 is 0. The summed E-state index contributed by atoms with van der Waals surface area (Å²) in [6.07, 6.45) is 0.869. The van der Waals surface area contributed by atoms with Crippen molar-refractivity contribution in [2.75, 3.05) is 13.1 Å². The monoisotopic (exact) mass is 327 g/mol. The Labute approximate surface area is 144 Å². The number of carbonyl (C=O) groups is 1. The van der Waals surface area contributed by atoms with Gasteiger partial charge in [-0.2, -0.15) is 0 Å². The van der Waals surface area contributed by atoms with Gasteiger partial charge in [0.2, 0.25) is 5.91 Å². The number of fused-ring (bicyclic) bond motifs is 1. The van der Waals surface area contributed by atoms with E-state index < -0.39 is 0 Å². The number of para-hydroxylation sites is 2. The minimum atomic E-state index is -0.269. The van der Waals surface area contributed by atoms with Crippen LogP contribution in [0.5, 0.6) is 0 Å². The van der Waals surface area contributed by atoms with Gasteiger partial charge in [0, 0.05) is 23.9 Å². The summed E-state index contributed by atoms with van der Waals surface area (Å²) in [5, 5.41) is 0. The van der Waals surface area contributed by atoms with Crippen molar-refractivity contribution in [3.05, 3.63) is 30.1 Å². The van der Waals surface area contributed by atoms with Gasteiger partial charge in [0.15, 0.2) is 0 Å². The molecule has 0 atom stereocenters. The second-order valence-corrected chi connectivity index (χ2v) is 8.65. The molecule has 0 saturated carbocycles. The van der Waals surface area contributed by atoms with Crippen LogP contribution in [0, 0.1) is 5.41 Å². The SMILES string of the molecule is CCC(C)(C)C(=O)N1CC(n2c(C(C)(C)C)nc3ccccc32)C1. The van der Waals surface area contributed by atoms with Gasteiger partial charge in [-0.25, -0.2) is 4.98 Å². The molecule has 24 heavy (non-hydrogen) atoms. The van der Waals surface area contributed by atoms with Crippen LogP contribution in [0.4, 0.5) is 0 Å². The van der Waals surface area contributed by atoms with Crippen molar-refractivity contribution in [3.63, 3.8) is 0 Å². The van der Waals surface area contributed by atoms with E-state index in [2.05, 4.69) is 50.5 Å². The van der Waals surface area contributed by atoms with Crippen molar-refractivity contribution in [1.82, 2.24) is 14.5 Å². The van der Waals surface area contributed by atoms with Gasteiger partial charge in [0.05, 0.1) is 17.1 Å². The van der Waals surface area contributed by atoms with E-state index in [0.717, 1.165) is 30.9 Å². The number of aromatic nitrogens is 2. The number of hydrogen-bond acceptors (Lipinski definition) is 2. The molecule has 0 unspecified atom stereocenters. The van der Waals surface area contributed by atoms with E-state index in [4.69, 9.17) is 4.98 Å². The Balaban J connectivity index is 1.91. The molecule has 2 heterocycles. The van der Waals surface area contributed by atoms with Crippen LogP contribution in [-0.2, 0) is 10.2 Å². The molecule has 0 spiro atoms. The van der Waals surface area contributed by atoms with Crippen molar-refractivity contribution in [1.29, 1.82) is 0 Å². The Morgan fingerprint density at radius 3 is 2.38 bits per heavy atom. The number of likely N-dealkylation sites (tertiary alicyclic amines) is 1. The van der Waals surface area contributed by atoms with Crippen molar-refractivity contribution >= 4 is 16.9 Å². The number of benzene rings is 1. The third-order valence-electron chi connectivity index (χ3n) is 5.24. The van der Waals surface area contributed by atoms with Crippen LogP contribution in [0.2, 0.25) is 0 Å². The molecular formula is C20H29N3O. The molecule has 130 valence electrons. The van der Waals surface area contributed by atoms with Gasteiger partial charge in [-0.15, -0.1) is 0 Å².